The van der Waals surface area contributed by atoms with Crippen LogP contribution in [0.5, 0.6) is 0 Å². The van der Waals surface area contributed by atoms with E-state index in [9.17, 15) is 9.36 Å². The molecule has 5 N–H and O–H groups in total. The van der Waals surface area contributed by atoms with Gasteiger partial charge in [-0.15, -0.1) is 0 Å². The number of carboxylic acids is 1. The number of hydrogen-bond acceptors (Lipinski definition) is 4. The Hall–Kier alpha value is -1.50. The molecular weight excluding hydrogens is 309 g/mol. The van der Waals surface area contributed by atoms with E-state index in [1.54, 1.807) is 0 Å². The number of benzene rings is 1. The van der Waals surface area contributed by atoms with Crippen LogP contribution in [0.15, 0.2) is 42.0 Å². The van der Waals surface area contributed by atoms with Crippen LogP contribution in [0, 0.1) is 0 Å². The minimum atomic E-state index is -4.29. The van der Waals surface area contributed by atoms with E-state index in [2.05, 4.69) is 0 Å². The topological polar surface area (TPSA) is 130 Å². The van der Waals surface area contributed by atoms with Crippen molar-refractivity contribution < 1.29 is 29.0 Å². The fourth-order valence-corrected chi connectivity index (χ4v) is 2.57. The third-order valence-electron chi connectivity index (χ3n) is 2.79. The zero-order chi connectivity index (χ0) is 16.6. The highest BCUT2D eigenvalue weighted by Crippen LogP contribution is 2.37. The fraction of sp³-hybridized carbons (Fsp3) is 0.357. The molecule has 0 bridgehead atoms. The summed E-state index contributed by atoms with van der Waals surface area (Å²) in [4.78, 5) is 28.8. The van der Waals surface area contributed by atoms with Gasteiger partial charge in [-0.05, 0) is 12.0 Å². The number of hydrogen-bond donors (Lipinski definition) is 4. The number of aliphatic carboxylic acids is 1. The number of carbonyl (C=O) groups is 1. The Morgan fingerprint density at radius 3 is 2.50 bits per heavy atom. The van der Waals surface area contributed by atoms with Crippen LogP contribution in [0.2, 0.25) is 0 Å². The fourth-order valence-electron chi connectivity index (χ4n) is 1.77. The van der Waals surface area contributed by atoms with Gasteiger partial charge in [-0.25, -0.2) is 0 Å². The molecule has 0 saturated carbocycles. The molecule has 7 nitrogen and oxygen atoms in total. The Labute approximate surface area is 128 Å². The molecule has 122 valence electrons. The van der Waals surface area contributed by atoms with Crippen molar-refractivity contribution in [2.24, 2.45) is 5.73 Å². The van der Waals surface area contributed by atoms with E-state index in [1.807, 2.05) is 30.3 Å². The predicted octanol–water partition coefficient (Wildman–Crippen LogP) is 1.11. The number of ether oxygens (including phenoxy) is 1. The van der Waals surface area contributed by atoms with E-state index in [1.165, 1.54) is 0 Å². The Morgan fingerprint density at radius 2 is 1.95 bits per heavy atom. The van der Waals surface area contributed by atoms with Gasteiger partial charge in [0.2, 0.25) is 0 Å². The maximum atomic E-state index is 11.1. The lowest BCUT2D eigenvalue weighted by Gasteiger charge is -2.11. The van der Waals surface area contributed by atoms with Gasteiger partial charge in [0, 0.05) is 0 Å². The van der Waals surface area contributed by atoms with Crippen LogP contribution in [-0.2, 0) is 20.7 Å². The molecule has 22 heavy (non-hydrogen) atoms. The average molecular weight is 329 g/mol. The molecule has 0 aliphatic rings. The van der Waals surface area contributed by atoms with Gasteiger partial charge in [0.25, 0.3) is 0 Å². The van der Waals surface area contributed by atoms with Gasteiger partial charge in [0.15, 0.2) is 0 Å². The molecule has 0 radical (unpaired) electrons. The van der Waals surface area contributed by atoms with Crippen LogP contribution in [0.4, 0.5) is 0 Å². The zero-order valence-electron chi connectivity index (χ0n) is 12.0. The van der Waals surface area contributed by atoms with Crippen molar-refractivity contribution in [3.63, 3.8) is 0 Å². The molecule has 1 unspecified atom stereocenters. The third-order valence-corrected chi connectivity index (χ3v) is 3.61. The smallest absolute Gasteiger partial charge is 0.329 e. The van der Waals surface area contributed by atoms with Crippen LogP contribution in [-0.4, -0.2) is 39.7 Å². The SMILES string of the molecule is NC(C=C(CCOCc1ccccc1)CP(=O)(O)O)C(=O)O. The van der Waals surface area contributed by atoms with Gasteiger partial charge in [0.1, 0.15) is 6.04 Å². The highest BCUT2D eigenvalue weighted by atomic mass is 31.2. The van der Waals surface area contributed by atoms with Crippen molar-refractivity contribution in [1.82, 2.24) is 0 Å². The summed E-state index contributed by atoms with van der Waals surface area (Å²) in [6.45, 7) is 0.585. The van der Waals surface area contributed by atoms with Crippen LogP contribution < -0.4 is 5.73 Å². The Bertz CT molecular complexity index is 554. The molecule has 0 saturated heterocycles. The summed E-state index contributed by atoms with van der Waals surface area (Å²) in [5.41, 5.74) is 6.61. The van der Waals surface area contributed by atoms with E-state index < -0.39 is 25.8 Å². The van der Waals surface area contributed by atoms with Gasteiger partial charge in [-0.2, -0.15) is 0 Å². The van der Waals surface area contributed by atoms with Crippen LogP contribution in [0.1, 0.15) is 12.0 Å². The first kappa shape index (κ1) is 18.5. The highest BCUT2D eigenvalue weighted by Gasteiger charge is 2.18. The van der Waals surface area contributed by atoms with E-state index in [-0.39, 0.29) is 18.6 Å². The summed E-state index contributed by atoms with van der Waals surface area (Å²) < 4.78 is 16.5. The average Bonchev–Trinajstić information content (AvgIpc) is 2.42. The molecule has 0 heterocycles. The second-order valence-corrected chi connectivity index (χ2v) is 6.45. The van der Waals surface area contributed by atoms with Crippen molar-refractivity contribution in [1.29, 1.82) is 0 Å². The largest absolute Gasteiger partial charge is 0.480 e. The second kappa shape index (κ2) is 8.82. The molecule has 0 amide bonds. The normalized spacial score (nSPS) is 13.9. The number of carboxylic acid groups (broad SMARTS) is 1. The summed E-state index contributed by atoms with van der Waals surface area (Å²) in [5.74, 6) is -1.26. The van der Waals surface area contributed by atoms with Crippen molar-refractivity contribution in [2.75, 3.05) is 12.8 Å². The van der Waals surface area contributed by atoms with Gasteiger partial charge >= 0.3 is 13.6 Å². The summed E-state index contributed by atoms with van der Waals surface area (Å²) in [7, 11) is -4.29. The van der Waals surface area contributed by atoms with Gasteiger partial charge in [-0.3, -0.25) is 9.36 Å². The first-order valence-electron chi connectivity index (χ1n) is 6.62. The van der Waals surface area contributed by atoms with Crippen molar-refractivity contribution in [3.05, 3.63) is 47.5 Å². The number of rotatable bonds is 9. The van der Waals surface area contributed by atoms with E-state index in [0.717, 1.165) is 11.6 Å². The molecule has 0 spiro atoms. The Balaban J connectivity index is 2.54. The third kappa shape index (κ3) is 8.07. The first-order chi connectivity index (χ1) is 10.3. The lowest BCUT2D eigenvalue weighted by molar-refractivity contribution is -0.137. The summed E-state index contributed by atoms with van der Waals surface area (Å²) >= 11 is 0. The minimum absolute atomic E-state index is 0.207. The predicted molar refractivity (Wildman–Crippen MR) is 81.3 cm³/mol. The molecule has 1 atom stereocenters. The Morgan fingerprint density at radius 1 is 1.32 bits per heavy atom. The molecule has 1 aromatic rings. The van der Waals surface area contributed by atoms with Crippen LogP contribution >= 0.6 is 7.60 Å². The molecule has 8 heteroatoms. The van der Waals surface area contributed by atoms with Gasteiger partial charge < -0.3 is 25.4 Å². The molecule has 0 aromatic heterocycles. The summed E-state index contributed by atoms with van der Waals surface area (Å²) in [5, 5.41) is 8.75. The minimum Gasteiger partial charge on any atom is -0.480 e. The molecule has 1 rings (SSSR count). The van der Waals surface area contributed by atoms with Crippen molar-refractivity contribution >= 4 is 13.6 Å². The quantitative estimate of drug-likeness (QED) is 0.303. The summed E-state index contributed by atoms with van der Waals surface area (Å²) in [6.07, 6.45) is 0.842. The summed E-state index contributed by atoms with van der Waals surface area (Å²) in [6, 6.07) is 8.14. The van der Waals surface area contributed by atoms with E-state index in [0.29, 0.717) is 6.61 Å². The standard InChI is InChI=1S/C14H20NO6P/c15-13(14(16)17)8-12(10-22(18,19)20)6-7-21-9-11-4-2-1-3-5-11/h1-5,8,13H,6-7,9-10,15H2,(H,16,17)(H2,18,19,20). The molecule has 0 fully saturated rings. The first-order valence-corrected chi connectivity index (χ1v) is 8.42. The lowest BCUT2D eigenvalue weighted by Crippen LogP contribution is -2.28. The van der Waals surface area contributed by atoms with Crippen molar-refractivity contribution in [2.45, 2.75) is 19.1 Å². The van der Waals surface area contributed by atoms with Crippen LogP contribution in [0.3, 0.4) is 0 Å². The molecule has 1 aromatic carbocycles. The maximum absolute atomic E-state index is 11.1. The monoisotopic (exact) mass is 329 g/mol. The Kier molecular flexibility index (Phi) is 7.44. The zero-order valence-corrected chi connectivity index (χ0v) is 12.9. The van der Waals surface area contributed by atoms with E-state index in [4.69, 9.17) is 25.4 Å². The molecule has 0 aliphatic heterocycles. The lowest BCUT2D eigenvalue weighted by atomic mass is 10.1. The van der Waals surface area contributed by atoms with Crippen molar-refractivity contribution in [3.8, 4) is 0 Å². The van der Waals surface area contributed by atoms with Crippen LogP contribution in [0.25, 0.3) is 0 Å². The number of nitrogens with two attached hydrogens (primary N) is 1. The molecular formula is C14H20NO6P. The second-order valence-electron chi connectivity index (χ2n) is 4.80. The molecule has 0 aliphatic carbocycles. The highest BCUT2D eigenvalue weighted by molar-refractivity contribution is 7.52. The van der Waals surface area contributed by atoms with Gasteiger partial charge in [-0.1, -0.05) is 42.0 Å². The van der Waals surface area contributed by atoms with E-state index >= 15 is 0 Å². The van der Waals surface area contributed by atoms with Gasteiger partial charge in [0.05, 0.1) is 19.4 Å². The maximum Gasteiger partial charge on any atom is 0.329 e.